The molecule has 1 unspecified atom stereocenters. The van der Waals surface area contributed by atoms with Crippen molar-refractivity contribution >= 4 is 81.1 Å². The van der Waals surface area contributed by atoms with Gasteiger partial charge in [0.25, 0.3) is 11.8 Å². The average Bonchev–Trinajstić information content (AvgIpc) is 3.65. The van der Waals surface area contributed by atoms with Crippen LogP contribution in [0.4, 0.5) is 18.3 Å². The molecule has 4 heterocycles. The standard InChI is InChI=1S/C21H19F3N10O9S3/c1-42-29-8(16(37)38)3-33-20(28-31-32-33)46-5-7-4-44-15-11(14(36)34(15)12(7)17(39)40)26-13(35)10(30-43-2)9-6-45-19(25-9)27-18(41)21(22,23)24/h6,11,15H,3-5H2,1-2H3,(H,26,35)(H,37,38)(H,39,40)(H,25,27,41)/b29-8+,30-10+/t11?,15-/m1/s1. The number of rotatable bonds is 13. The number of nitrogens with one attached hydrogen (secondary N) is 2. The van der Waals surface area contributed by atoms with E-state index >= 15 is 0 Å². The monoisotopic (exact) mass is 708 g/mol. The van der Waals surface area contributed by atoms with E-state index in [4.69, 9.17) is 0 Å². The highest BCUT2D eigenvalue weighted by molar-refractivity contribution is 8.01. The minimum Gasteiger partial charge on any atom is -0.477 e. The number of fused-ring (bicyclic) bond motifs is 1. The number of amides is 3. The van der Waals surface area contributed by atoms with Crippen LogP contribution in [0.1, 0.15) is 5.69 Å². The number of thioether (sulfide) groups is 2. The first-order valence-electron chi connectivity index (χ1n) is 12.1. The maximum absolute atomic E-state index is 13.1. The van der Waals surface area contributed by atoms with Crippen molar-refractivity contribution in [3.63, 3.8) is 0 Å². The molecule has 1 saturated heterocycles. The van der Waals surface area contributed by atoms with E-state index < -0.39 is 63.8 Å². The fourth-order valence-electron chi connectivity index (χ4n) is 3.85. The van der Waals surface area contributed by atoms with Gasteiger partial charge in [-0.25, -0.2) is 19.3 Å². The van der Waals surface area contributed by atoms with Crippen LogP contribution in [-0.2, 0) is 40.2 Å². The van der Waals surface area contributed by atoms with E-state index in [0.29, 0.717) is 16.9 Å². The predicted octanol–water partition coefficient (Wildman–Crippen LogP) is -0.401. The molecular weight excluding hydrogens is 689 g/mol. The van der Waals surface area contributed by atoms with E-state index in [1.165, 1.54) is 0 Å². The first-order valence-corrected chi connectivity index (χ1v) is 15.1. The van der Waals surface area contributed by atoms with Gasteiger partial charge in [-0.15, -0.1) is 28.2 Å². The highest BCUT2D eigenvalue weighted by atomic mass is 32.2. The number of carbonyl (C=O) groups is 5. The van der Waals surface area contributed by atoms with Gasteiger partial charge in [-0.1, -0.05) is 22.1 Å². The van der Waals surface area contributed by atoms with Crippen molar-refractivity contribution in [2.45, 2.75) is 29.3 Å². The second-order valence-electron chi connectivity index (χ2n) is 8.66. The van der Waals surface area contributed by atoms with Crippen molar-refractivity contribution in [1.29, 1.82) is 0 Å². The molecule has 0 aliphatic carbocycles. The van der Waals surface area contributed by atoms with Gasteiger partial charge in [0.15, 0.2) is 16.6 Å². The summed E-state index contributed by atoms with van der Waals surface area (Å²) >= 11 is 2.69. The number of β-lactam (4-membered cyclic amide) rings is 1. The summed E-state index contributed by atoms with van der Waals surface area (Å²) in [6.07, 6.45) is -5.18. The maximum atomic E-state index is 13.1. The Bertz CT molecular complexity index is 1660. The zero-order valence-corrected chi connectivity index (χ0v) is 25.5. The van der Waals surface area contributed by atoms with Crippen molar-refractivity contribution in [1.82, 2.24) is 35.4 Å². The predicted molar refractivity (Wildman–Crippen MR) is 151 cm³/mol. The molecule has 2 aromatic heterocycles. The van der Waals surface area contributed by atoms with Crippen LogP contribution in [0.3, 0.4) is 0 Å². The molecule has 0 bridgehead atoms. The number of alkyl halides is 3. The summed E-state index contributed by atoms with van der Waals surface area (Å²) in [6, 6.07) is -1.21. The molecule has 0 spiro atoms. The Morgan fingerprint density at radius 3 is 2.54 bits per heavy atom. The maximum Gasteiger partial charge on any atom is 0.471 e. The van der Waals surface area contributed by atoms with E-state index in [-0.39, 0.29) is 34.6 Å². The number of hydrogen-bond acceptors (Lipinski definition) is 16. The molecule has 25 heteroatoms. The Morgan fingerprint density at radius 1 is 1.20 bits per heavy atom. The lowest BCUT2D eigenvalue weighted by atomic mass is 10.0. The summed E-state index contributed by atoms with van der Waals surface area (Å²) in [5, 5.41) is 41.0. The van der Waals surface area contributed by atoms with Gasteiger partial charge in [0, 0.05) is 16.9 Å². The molecule has 0 radical (unpaired) electrons. The zero-order valence-electron chi connectivity index (χ0n) is 23.0. The molecule has 246 valence electrons. The minimum atomic E-state index is -5.18. The number of halogens is 3. The minimum absolute atomic E-state index is 0.00591. The lowest BCUT2D eigenvalue weighted by molar-refractivity contribution is -0.167. The van der Waals surface area contributed by atoms with Crippen LogP contribution in [0.2, 0.25) is 0 Å². The summed E-state index contributed by atoms with van der Waals surface area (Å²) in [5.74, 6) is -6.75. The van der Waals surface area contributed by atoms with Gasteiger partial charge in [-0.3, -0.25) is 24.6 Å². The Kier molecular flexibility index (Phi) is 10.5. The number of aliphatic carboxylic acids is 2. The van der Waals surface area contributed by atoms with Crippen LogP contribution in [0, 0.1) is 0 Å². The molecule has 3 amide bonds. The number of anilines is 1. The summed E-state index contributed by atoms with van der Waals surface area (Å²) in [5.41, 5.74) is -1.21. The molecule has 2 atom stereocenters. The Balaban J connectivity index is 1.45. The lowest BCUT2D eigenvalue weighted by Crippen LogP contribution is -2.71. The number of tetrazole rings is 1. The quantitative estimate of drug-likeness (QED) is 0.0894. The second-order valence-corrected chi connectivity index (χ2v) is 11.6. The van der Waals surface area contributed by atoms with Gasteiger partial charge < -0.3 is 25.2 Å². The summed E-state index contributed by atoms with van der Waals surface area (Å²) < 4.78 is 38.8. The van der Waals surface area contributed by atoms with Crippen molar-refractivity contribution in [3.05, 3.63) is 22.3 Å². The third-order valence-corrected chi connectivity index (χ3v) is 8.92. The van der Waals surface area contributed by atoms with Crippen LogP contribution >= 0.6 is 34.9 Å². The second kappa shape index (κ2) is 14.1. The van der Waals surface area contributed by atoms with Crippen LogP contribution in [-0.4, -0.2) is 125 Å². The largest absolute Gasteiger partial charge is 0.477 e. The summed E-state index contributed by atoms with van der Waals surface area (Å²) in [4.78, 5) is 74.8. The Hall–Kier alpha value is -4.78. The number of thiazole rings is 1. The van der Waals surface area contributed by atoms with E-state index in [0.717, 1.165) is 52.7 Å². The molecule has 0 saturated carbocycles. The normalized spacial score (nSPS) is 18.5. The van der Waals surface area contributed by atoms with Crippen LogP contribution in [0.15, 0.2) is 32.1 Å². The number of carboxylic acids is 2. The number of aromatic nitrogens is 5. The SMILES string of the molecule is CO/N=C(\Cn1nnnc1SCC1=C(C(=O)O)N2C(=O)C(NC(=O)/C(=N/OC)c3csc(NC(=O)C(F)(F)F)n3)[C@H]2SC1)C(=O)O. The third kappa shape index (κ3) is 7.36. The molecule has 4 rings (SSSR count). The topological polar surface area (TPSA) is 253 Å². The van der Waals surface area contributed by atoms with Gasteiger partial charge >= 0.3 is 24.0 Å². The number of carboxylic acid groups (broad SMARTS) is 2. The first-order chi connectivity index (χ1) is 21.8. The van der Waals surface area contributed by atoms with E-state index in [9.17, 15) is 47.4 Å². The highest BCUT2D eigenvalue weighted by Gasteiger charge is 2.54. The van der Waals surface area contributed by atoms with Crippen LogP contribution < -0.4 is 10.6 Å². The first kappa shape index (κ1) is 34.1. The Labute approximate surface area is 266 Å². The molecular formula is C21H19F3N10O9S3. The number of oxime groups is 2. The molecule has 1 fully saturated rings. The summed E-state index contributed by atoms with van der Waals surface area (Å²) in [6.45, 7) is -0.356. The van der Waals surface area contributed by atoms with Crippen molar-refractivity contribution in [2.75, 3.05) is 31.0 Å². The van der Waals surface area contributed by atoms with Crippen molar-refractivity contribution < 1.29 is 57.0 Å². The fourth-order valence-corrected chi connectivity index (χ4v) is 6.90. The molecule has 4 N–H and O–H groups in total. The number of hydrogen-bond donors (Lipinski definition) is 4. The molecule has 2 aliphatic rings. The van der Waals surface area contributed by atoms with Gasteiger partial charge in [0.2, 0.25) is 5.16 Å². The molecule has 0 aromatic carbocycles. The van der Waals surface area contributed by atoms with Crippen LogP contribution in [0.25, 0.3) is 0 Å². The van der Waals surface area contributed by atoms with E-state index in [1.807, 2.05) is 0 Å². The lowest BCUT2D eigenvalue weighted by Gasteiger charge is -2.49. The van der Waals surface area contributed by atoms with E-state index in [2.05, 4.69) is 45.8 Å². The average molecular weight is 709 g/mol. The molecule has 19 nitrogen and oxygen atoms in total. The van der Waals surface area contributed by atoms with Crippen LogP contribution in [0.5, 0.6) is 0 Å². The number of nitrogens with zero attached hydrogens (tertiary/aromatic N) is 8. The van der Waals surface area contributed by atoms with Gasteiger partial charge in [-0.2, -0.15) is 13.2 Å². The van der Waals surface area contributed by atoms with Crippen molar-refractivity contribution in [3.8, 4) is 0 Å². The zero-order chi connectivity index (χ0) is 33.8. The smallest absolute Gasteiger partial charge is 0.471 e. The van der Waals surface area contributed by atoms with Gasteiger partial charge in [0.1, 0.15) is 37.0 Å². The third-order valence-electron chi connectivity index (χ3n) is 5.78. The van der Waals surface area contributed by atoms with Crippen molar-refractivity contribution in [2.24, 2.45) is 10.3 Å². The molecule has 2 aromatic rings. The molecule has 46 heavy (non-hydrogen) atoms. The summed E-state index contributed by atoms with van der Waals surface area (Å²) in [7, 11) is 2.24. The number of carbonyl (C=O) groups excluding carboxylic acids is 3. The fraction of sp³-hybridized carbons (Fsp3) is 0.381. The van der Waals surface area contributed by atoms with E-state index in [1.54, 1.807) is 5.32 Å². The highest BCUT2D eigenvalue weighted by Crippen LogP contribution is 2.41. The van der Waals surface area contributed by atoms with Gasteiger partial charge in [-0.05, 0) is 16.0 Å². The Morgan fingerprint density at radius 2 is 1.91 bits per heavy atom. The van der Waals surface area contributed by atoms with Gasteiger partial charge in [0.05, 0.1) is 6.54 Å². The molecule has 2 aliphatic heterocycles.